The zero-order valence-electron chi connectivity index (χ0n) is 20.1. The Balaban J connectivity index is 1.25. The topological polar surface area (TPSA) is 124 Å². The number of carbonyl (C=O) groups is 3. The minimum atomic E-state index is -0.589. The number of anilines is 1. The Morgan fingerprint density at radius 3 is 2.57 bits per heavy atom. The molecule has 3 aromatic rings. The molecule has 2 aliphatic rings. The number of amides is 3. The van der Waals surface area contributed by atoms with Crippen LogP contribution in [0.15, 0.2) is 66.7 Å². The van der Waals surface area contributed by atoms with Crippen LogP contribution in [0.1, 0.15) is 28.8 Å². The van der Waals surface area contributed by atoms with E-state index in [1.54, 1.807) is 41.3 Å². The first-order valence-electron chi connectivity index (χ1n) is 12.0. The van der Waals surface area contributed by atoms with E-state index in [9.17, 15) is 14.4 Å². The number of ether oxygens (including phenoxy) is 2. The van der Waals surface area contributed by atoms with Crippen molar-refractivity contribution in [1.82, 2.24) is 9.88 Å². The number of nitrogens with two attached hydrogens (primary N) is 1. The molecule has 2 aliphatic heterocycles. The molecule has 1 unspecified atom stereocenters. The summed E-state index contributed by atoms with van der Waals surface area (Å²) in [5.41, 5.74) is 7.92. The first-order valence-corrected chi connectivity index (χ1v) is 12.0. The first-order chi connectivity index (χ1) is 18.0. The molecule has 0 spiro atoms. The standard InChI is InChI=1S/C28H26N4O5/c29-27(34)19-9-6-18(7-10-19)8-13-26(33)32-14-2-4-22(32)28(35)31-25-5-1-3-21(30-25)20-11-12-23-24(17-20)37-16-15-36-23/h1,3,5-13,17,22H,2,4,14-16H2,(H2,29,34)(H,30,31,35)/b13-8+. The van der Waals surface area contributed by atoms with Crippen LogP contribution >= 0.6 is 0 Å². The third kappa shape index (κ3) is 5.45. The number of aromatic nitrogens is 1. The summed E-state index contributed by atoms with van der Waals surface area (Å²) in [6, 6.07) is 17.0. The van der Waals surface area contributed by atoms with Crippen LogP contribution in [0.25, 0.3) is 17.3 Å². The maximum absolute atomic E-state index is 13.1. The molecule has 188 valence electrons. The highest BCUT2D eigenvalue weighted by Gasteiger charge is 2.33. The van der Waals surface area contributed by atoms with Gasteiger partial charge in [0, 0.05) is 23.7 Å². The van der Waals surface area contributed by atoms with Crippen molar-refractivity contribution in [3.05, 3.63) is 77.9 Å². The number of likely N-dealkylation sites (tertiary alicyclic amines) is 1. The van der Waals surface area contributed by atoms with E-state index in [1.807, 2.05) is 30.3 Å². The van der Waals surface area contributed by atoms with Crippen molar-refractivity contribution in [1.29, 1.82) is 0 Å². The fourth-order valence-corrected chi connectivity index (χ4v) is 4.40. The fourth-order valence-electron chi connectivity index (χ4n) is 4.40. The van der Waals surface area contributed by atoms with E-state index in [0.717, 1.165) is 17.5 Å². The third-order valence-corrected chi connectivity index (χ3v) is 6.29. The maximum Gasteiger partial charge on any atom is 0.248 e. The van der Waals surface area contributed by atoms with Crippen LogP contribution in [0, 0.1) is 0 Å². The van der Waals surface area contributed by atoms with Crippen LogP contribution in [-0.2, 0) is 9.59 Å². The van der Waals surface area contributed by atoms with Gasteiger partial charge in [-0.25, -0.2) is 4.98 Å². The van der Waals surface area contributed by atoms with Gasteiger partial charge in [0.1, 0.15) is 25.1 Å². The Morgan fingerprint density at radius 2 is 1.78 bits per heavy atom. The summed E-state index contributed by atoms with van der Waals surface area (Å²) in [5.74, 6) is 0.719. The summed E-state index contributed by atoms with van der Waals surface area (Å²) < 4.78 is 11.2. The van der Waals surface area contributed by atoms with Crippen LogP contribution in [-0.4, -0.2) is 53.4 Å². The maximum atomic E-state index is 13.1. The van der Waals surface area contributed by atoms with Crippen molar-refractivity contribution in [3.8, 4) is 22.8 Å². The number of nitrogens with one attached hydrogen (secondary N) is 1. The van der Waals surface area contributed by atoms with Crippen molar-refractivity contribution in [3.63, 3.8) is 0 Å². The van der Waals surface area contributed by atoms with Crippen molar-refractivity contribution in [2.75, 3.05) is 25.1 Å². The number of hydrogen-bond acceptors (Lipinski definition) is 6. The van der Waals surface area contributed by atoms with Gasteiger partial charge in [0.05, 0.1) is 5.69 Å². The molecule has 5 rings (SSSR count). The predicted octanol–water partition coefficient (Wildman–Crippen LogP) is 3.26. The lowest BCUT2D eigenvalue weighted by Gasteiger charge is -2.22. The molecule has 37 heavy (non-hydrogen) atoms. The summed E-state index contributed by atoms with van der Waals surface area (Å²) in [5, 5.41) is 2.86. The normalized spacial score (nSPS) is 16.5. The van der Waals surface area contributed by atoms with Gasteiger partial charge in [0.2, 0.25) is 17.7 Å². The number of hydrogen-bond donors (Lipinski definition) is 2. The van der Waals surface area contributed by atoms with Gasteiger partial charge in [-0.05, 0) is 66.9 Å². The van der Waals surface area contributed by atoms with E-state index < -0.39 is 11.9 Å². The minimum Gasteiger partial charge on any atom is -0.486 e. The lowest BCUT2D eigenvalue weighted by molar-refractivity contribution is -0.132. The number of fused-ring (bicyclic) bond motifs is 1. The highest BCUT2D eigenvalue weighted by atomic mass is 16.6. The molecule has 2 aromatic carbocycles. The Kier molecular flexibility index (Phi) is 6.85. The van der Waals surface area contributed by atoms with Gasteiger partial charge in [0.15, 0.2) is 11.5 Å². The van der Waals surface area contributed by atoms with E-state index >= 15 is 0 Å². The number of carbonyl (C=O) groups excluding carboxylic acids is 3. The molecule has 3 N–H and O–H groups in total. The number of benzene rings is 2. The SMILES string of the molecule is NC(=O)c1ccc(/C=C/C(=O)N2CCCC2C(=O)Nc2cccc(-c3ccc4c(c3)OCCO4)n2)cc1. The molecule has 3 heterocycles. The molecule has 0 bridgehead atoms. The summed E-state index contributed by atoms with van der Waals surface area (Å²) >= 11 is 0. The van der Waals surface area contributed by atoms with Gasteiger partial charge < -0.3 is 25.4 Å². The number of pyridine rings is 1. The van der Waals surface area contributed by atoms with Crippen molar-refractivity contribution in [2.24, 2.45) is 5.73 Å². The zero-order valence-corrected chi connectivity index (χ0v) is 20.1. The van der Waals surface area contributed by atoms with Crippen LogP contribution in [0.4, 0.5) is 5.82 Å². The van der Waals surface area contributed by atoms with Crippen LogP contribution in [0.5, 0.6) is 11.5 Å². The lowest BCUT2D eigenvalue weighted by Crippen LogP contribution is -2.42. The largest absolute Gasteiger partial charge is 0.486 e. The molecule has 9 heteroatoms. The Morgan fingerprint density at radius 1 is 1.00 bits per heavy atom. The quantitative estimate of drug-likeness (QED) is 0.503. The second kappa shape index (κ2) is 10.5. The smallest absolute Gasteiger partial charge is 0.248 e. The molecule has 1 aromatic heterocycles. The number of rotatable bonds is 6. The number of primary amides is 1. The molecule has 1 atom stereocenters. The van der Waals surface area contributed by atoms with Gasteiger partial charge in [-0.2, -0.15) is 0 Å². The molecule has 1 fully saturated rings. The van der Waals surface area contributed by atoms with E-state index in [1.165, 1.54) is 6.08 Å². The Hall–Kier alpha value is -4.66. The Labute approximate surface area is 213 Å². The first kappa shape index (κ1) is 24.1. The average molecular weight is 499 g/mol. The van der Waals surface area contributed by atoms with E-state index in [-0.39, 0.29) is 11.8 Å². The average Bonchev–Trinajstić information content (AvgIpc) is 3.42. The molecule has 0 radical (unpaired) electrons. The monoisotopic (exact) mass is 498 g/mol. The van der Waals surface area contributed by atoms with Crippen LogP contribution < -0.4 is 20.5 Å². The molecular formula is C28H26N4O5. The predicted molar refractivity (Wildman–Crippen MR) is 138 cm³/mol. The highest BCUT2D eigenvalue weighted by Crippen LogP contribution is 2.34. The van der Waals surface area contributed by atoms with E-state index in [2.05, 4.69) is 10.3 Å². The molecular weight excluding hydrogens is 472 g/mol. The molecule has 3 amide bonds. The minimum absolute atomic E-state index is 0.255. The van der Waals surface area contributed by atoms with Crippen LogP contribution in [0.2, 0.25) is 0 Å². The summed E-state index contributed by atoms with van der Waals surface area (Å²) in [4.78, 5) is 43.3. The fraction of sp³-hybridized carbons (Fsp3) is 0.214. The Bertz CT molecular complexity index is 1370. The molecule has 0 saturated carbocycles. The van der Waals surface area contributed by atoms with Gasteiger partial charge in [0.25, 0.3) is 0 Å². The summed E-state index contributed by atoms with van der Waals surface area (Å²) in [6.45, 7) is 1.51. The van der Waals surface area contributed by atoms with Gasteiger partial charge >= 0.3 is 0 Å². The van der Waals surface area contributed by atoms with Crippen LogP contribution in [0.3, 0.4) is 0 Å². The van der Waals surface area contributed by atoms with Crippen molar-refractivity contribution in [2.45, 2.75) is 18.9 Å². The summed E-state index contributed by atoms with van der Waals surface area (Å²) in [7, 11) is 0. The van der Waals surface area contributed by atoms with Gasteiger partial charge in [-0.15, -0.1) is 0 Å². The second-order valence-corrected chi connectivity index (χ2v) is 8.77. The summed E-state index contributed by atoms with van der Waals surface area (Å²) in [6.07, 6.45) is 4.39. The highest BCUT2D eigenvalue weighted by molar-refractivity contribution is 6.00. The molecule has 9 nitrogen and oxygen atoms in total. The zero-order chi connectivity index (χ0) is 25.8. The number of nitrogens with zero attached hydrogens (tertiary/aromatic N) is 2. The van der Waals surface area contributed by atoms with Crippen molar-refractivity contribution < 1.29 is 23.9 Å². The van der Waals surface area contributed by atoms with Gasteiger partial charge in [-0.3, -0.25) is 14.4 Å². The van der Waals surface area contributed by atoms with E-state index in [4.69, 9.17) is 15.2 Å². The molecule has 0 aliphatic carbocycles. The van der Waals surface area contributed by atoms with Crippen molar-refractivity contribution >= 4 is 29.6 Å². The molecule has 1 saturated heterocycles. The van der Waals surface area contributed by atoms with Gasteiger partial charge in [-0.1, -0.05) is 18.2 Å². The van der Waals surface area contributed by atoms with E-state index in [0.29, 0.717) is 54.8 Å². The third-order valence-electron chi connectivity index (χ3n) is 6.29. The second-order valence-electron chi connectivity index (χ2n) is 8.77. The lowest BCUT2D eigenvalue weighted by atomic mass is 10.1.